The van der Waals surface area contributed by atoms with Gasteiger partial charge in [0, 0.05) is 0 Å². The number of unbranched alkanes of at least 4 members (excludes halogenated alkanes) is 2. The molecular weight excluding hydrogens is 413 g/mol. The van der Waals surface area contributed by atoms with Gasteiger partial charge in [-0.25, -0.2) is 0 Å². The van der Waals surface area contributed by atoms with Gasteiger partial charge < -0.3 is 0 Å². The number of rotatable bonds is 6. The van der Waals surface area contributed by atoms with Crippen molar-refractivity contribution in [3.05, 3.63) is 60.7 Å². The Labute approximate surface area is 119 Å². The van der Waals surface area contributed by atoms with E-state index in [1.165, 1.54) is 23.4 Å². The molecule has 0 aromatic heterocycles. The van der Waals surface area contributed by atoms with E-state index in [2.05, 4.69) is 67.6 Å². The van der Waals surface area contributed by atoms with Crippen molar-refractivity contribution in [2.75, 3.05) is 0 Å². The minimum absolute atomic E-state index is 1.32. The Morgan fingerprint density at radius 1 is 0.722 bits per heavy atom. The van der Waals surface area contributed by atoms with E-state index in [-0.39, 0.29) is 0 Å². The molecule has 0 N–H and O–H groups in total. The third kappa shape index (κ3) is 3.92. The summed E-state index contributed by atoms with van der Waals surface area (Å²) in [7, 11) is 0. The summed E-state index contributed by atoms with van der Waals surface area (Å²) in [6, 6.07) is 22.4. The van der Waals surface area contributed by atoms with Crippen LogP contribution in [0.4, 0.5) is 0 Å². The zero-order chi connectivity index (χ0) is 12.6. The van der Waals surface area contributed by atoms with Gasteiger partial charge in [0.15, 0.2) is 0 Å². The Morgan fingerprint density at radius 3 is 1.67 bits per heavy atom. The van der Waals surface area contributed by atoms with Gasteiger partial charge in [0.1, 0.15) is 0 Å². The van der Waals surface area contributed by atoms with E-state index in [1.807, 2.05) is 0 Å². The quantitative estimate of drug-likeness (QED) is 0.483. The molecular formula is C17H21Bi. The predicted molar refractivity (Wildman–Crippen MR) is 82.2 cm³/mol. The molecule has 18 heavy (non-hydrogen) atoms. The molecule has 0 saturated heterocycles. The molecule has 2 rings (SSSR count). The van der Waals surface area contributed by atoms with Crippen molar-refractivity contribution in [2.24, 2.45) is 0 Å². The predicted octanol–water partition coefficient (Wildman–Crippen LogP) is 3.49. The van der Waals surface area contributed by atoms with E-state index in [0.717, 1.165) is 0 Å². The molecule has 2 aromatic rings. The van der Waals surface area contributed by atoms with Gasteiger partial charge in [-0.15, -0.1) is 0 Å². The van der Waals surface area contributed by atoms with E-state index in [1.54, 1.807) is 6.54 Å². The molecule has 0 radical (unpaired) electrons. The van der Waals surface area contributed by atoms with Crippen LogP contribution in [0.1, 0.15) is 26.2 Å². The summed E-state index contributed by atoms with van der Waals surface area (Å²) >= 11 is -1.70. The molecule has 0 aliphatic carbocycles. The first kappa shape index (κ1) is 13.7. The molecule has 0 unspecified atom stereocenters. The molecule has 0 spiro atoms. The molecule has 0 aliphatic rings. The Balaban J connectivity index is 2.18. The summed E-state index contributed by atoms with van der Waals surface area (Å²) in [5.41, 5.74) is 0. The molecule has 0 nitrogen and oxygen atoms in total. The zero-order valence-corrected chi connectivity index (χ0v) is 14.5. The Bertz CT molecular complexity index is 396. The molecule has 2 aromatic carbocycles. The van der Waals surface area contributed by atoms with Crippen LogP contribution < -0.4 is 6.54 Å². The van der Waals surface area contributed by atoms with Gasteiger partial charge >= 0.3 is 119 Å². The first-order valence-electron chi connectivity index (χ1n) is 6.79. The summed E-state index contributed by atoms with van der Waals surface area (Å²) < 4.78 is 4.75. The summed E-state index contributed by atoms with van der Waals surface area (Å²) in [5.74, 6) is 0. The van der Waals surface area contributed by atoms with Crippen LogP contribution in [0.2, 0.25) is 4.13 Å². The van der Waals surface area contributed by atoms with Crippen LogP contribution in [0.5, 0.6) is 0 Å². The maximum atomic E-state index is 2.34. The van der Waals surface area contributed by atoms with Gasteiger partial charge in [0.2, 0.25) is 0 Å². The normalized spacial score (nSPS) is 10.8. The number of hydrogen-bond donors (Lipinski definition) is 0. The van der Waals surface area contributed by atoms with Crippen LogP contribution in [0.25, 0.3) is 0 Å². The maximum absolute atomic E-state index is 2.34. The Morgan fingerprint density at radius 2 is 1.22 bits per heavy atom. The summed E-state index contributed by atoms with van der Waals surface area (Å²) in [4.78, 5) is 0. The topological polar surface area (TPSA) is 0 Å². The molecule has 94 valence electrons. The monoisotopic (exact) mass is 434 g/mol. The van der Waals surface area contributed by atoms with Crippen molar-refractivity contribution in [1.29, 1.82) is 0 Å². The van der Waals surface area contributed by atoms with Crippen molar-refractivity contribution in [3.8, 4) is 0 Å². The van der Waals surface area contributed by atoms with E-state index >= 15 is 0 Å². The minimum atomic E-state index is -1.70. The van der Waals surface area contributed by atoms with Crippen molar-refractivity contribution in [1.82, 2.24) is 0 Å². The molecule has 0 heterocycles. The summed E-state index contributed by atoms with van der Waals surface area (Å²) in [6.45, 7) is 2.29. The number of benzene rings is 2. The van der Waals surface area contributed by atoms with Crippen LogP contribution in [-0.2, 0) is 0 Å². The molecule has 1 heteroatoms. The molecule has 0 amide bonds. The fraction of sp³-hybridized carbons (Fsp3) is 0.294. The van der Waals surface area contributed by atoms with Crippen molar-refractivity contribution in [3.63, 3.8) is 0 Å². The fourth-order valence-corrected chi connectivity index (χ4v) is 11.5. The van der Waals surface area contributed by atoms with Gasteiger partial charge in [0.05, 0.1) is 0 Å². The molecule has 0 saturated carbocycles. The Hall–Kier alpha value is -0.677. The van der Waals surface area contributed by atoms with Crippen molar-refractivity contribution < 1.29 is 0 Å². The third-order valence-corrected chi connectivity index (χ3v) is 13.3. The van der Waals surface area contributed by atoms with Gasteiger partial charge in [-0.1, -0.05) is 0 Å². The molecule has 0 atom stereocenters. The average Bonchev–Trinajstić information content (AvgIpc) is 2.46. The SMILES string of the molecule is CCCC[CH2][Bi]([c]1ccccc1)[c]1ccccc1. The van der Waals surface area contributed by atoms with E-state index in [4.69, 9.17) is 0 Å². The van der Waals surface area contributed by atoms with Crippen LogP contribution in [0.3, 0.4) is 0 Å². The second kappa shape index (κ2) is 7.69. The molecule has 0 aliphatic heterocycles. The average molecular weight is 434 g/mol. The van der Waals surface area contributed by atoms with Crippen molar-refractivity contribution in [2.45, 2.75) is 30.3 Å². The zero-order valence-electron chi connectivity index (χ0n) is 11.0. The third-order valence-electron chi connectivity index (χ3n) is 3.12. The second-order valence-corrected chi connectivity index (χ2v) is 13.6. The second-order valence-electron chi connectivity index (χ2n) is 4.53. The van der Waals surface area contributed by atoms with E-state index in [0.29, 0.717) is 0 Å². The van der Waals surface area contributed by atoms with Crippen molar-refractivity contribution >= 4 is 28.3 Å². The van der Waals surface area contributed by atoms with Crippen LogP contribution in [0, 0.1) is 0 Å². The van der Waals surface area contributed by atoms with Crippen LogP contribution >= 0.6 is 0 Å². The van der Waals surface area contributed by atoms with Gasteiger partial charge in [-0.3, -0.25) is 0 Å². The van der Waals surface area contributed by atoms with E-state index < -0.39 is 21.8 Å². The van der Waals surface area contributed by atoms with Crippen LogP contribution in [0.15, 0.2) is 60.7 Å². The Kier molecular flexibility index (Phi) is 5.87. The summed E-state index contributed by atoms with van der Waals surface area (Å²) in [6.07, 6.45) is 4.10. The number of hydrogen-bond acceptors (Lipinski definition) is 0. The standard InChI is InChI=1S/2C6H5.C5H11.Bi/c2*1-2-4-6-5-3-1;1-3-5-4-2;/h2*1-5H;1,3-5H2,2H3;. The first-order valence-corrected chi connectivity index (χ1v) is 12.7. The molecule has 0 bridgehead atoms. The first-order chi connectivity index (χ1) is 8.92. The molecule has 0 fully saturated rings. The van der Waals surface area contributed by atoms with E-state index in [9.17, 15) is 0 Å². The fourth-order valence-electron chi connectivity index (χ4n) is 2.14. The van der Waals surface area contributed by atoms with Gasteiger partial charge in [0.25, 0.3) is 0 Å². The summed E-state index contributed by atoms with van der Waals surface area (Å²) in [5, 5.41) is 0. The van der Waals surface area contributed by atoms with Crippen LogP contribution in [-0.4, -0.2) is 21.8 Å². The van der Waals surface area contributed by atoms with Gasteiger partial charge in [-0.2, -0.15) is 0 Å². The van der Waals surface area contributed by atoms with Gasteiger partial charge in [-0.05, 0) is 0 Å².